The Labute approximate surface area is 106 Å². The smallest absolute Gasteiger partial charge is 0.323 e. The van der Waals surface area contributed by atoms with Crippen molar-refractivity contribution in [3.05, 3.63) is 0 Å². The minimum atomic E-state index is -0.971. The quantitative estimate of drug-likeness (QED) is 0.763. The van der Waals surface area contributed by atoms with Gasteiger partial charge >= 0.3 is 12.0 Å². The van der Waals surface area contributed by atoms with Gasteiger partial charge in [-0.1, -0.05) is 0 Å². The van der Waals surface area contributed by atoms with Crippen molar-refractivity contribution in [1.82, 2.24) is 10.2 Å². The van der Waals surface area contributed by atoms with E-state index < -0.39 is 5.97 Å². The summed E-state index contributed by atoms with van der Waals surface area (Å²) in [7, 11) is 0. The lowest BCUT2D eigenvalue weighted by Gasteiger charge is -2.26. The summed E-state index contributed by atoms with van der Waals surface area (Å²) >= 11 is 0. The van der Waals surface area contributed by atoms with Crippen molar-refractivity contribution in [2.24, 2.45) is 0 Å². The van der Waals surface area contributed by atoms with E-state index in [9.17, 15) is 9.59 Å². The van der Waals surface area contributed by atoms with Crippen molar-refractivity contribution < 1.29 is 19.4 Å². The standard InChI is InChI=1S/C12H20N2O4/c1-8(10-3-2-6-18-10)13-12(17)14(7-11(15)16)9-4-5-9/h8-10H,2-7H2,1H3,(H,13,17)(H,15,16). The number of aliphatic carboxylic acids is 1. The highest BCUT2D eigenvalue weighted by atomic mass is 16.5. The van der Waals surface area contributed by atoms with Gasteiger partial charge in [-0.25, -0.2) is 4.79 Å². The van der Waals surface area contributed by atoms with Gasteiger partial charge in [0.25, 0.3) is 0 Å². The summed E-state index contributed by atoms with van der Waals surface area (Å²) < 4.78 is 5.50. The minimum absolute atomic E-state index is 0.0554. The molecular formula is C12H20N2O4. The number of carbonyl (C=O) groups excluding carboxylic acids is 1. The van der Waals surface area contributed by atoms with Gasteiger partial charge in [-0.3, -0.25) is 4.79 Å². The predicted octanol–water partition coefficient (Wildman–Crippen LogP) is 0.812. The van der Waals surface area contributed by atoms with Crippen molar-refractivity contribution in [3.8, 4) is 0 Å². The van der Waals surface area contributed by atoms with Crippen LogP contribution in [0.2, 0.25) is 0 Å². The molecule has 0 radical (unpaired) electrons. The molecule has 1 saturated heterocycles. The summed E-state index contributed by atoms with van der Waals surface area (Å²) in [5, 5.41) is 11.7. The van der Waals surface area contributed by atoms with Crippen LogP contribution < -0.4 is 5.32 Å². The normalized spacial score (nSPS) is 24.6. The first-order valence-corrected chi connectivity index (χ1v) is 6.48. The van der Waals surface area contributed by atoms with Crippen molar-refractivity contribution in [2.75, 3.05) is 13.2 Å². The lowest BCUT2D eigenvalue weighted by Crippen LogP contribution is -2.50. The molecule has 1 aliphatic heterocycles. The molecule has 2 unspecified atom stereocenters. The number of carboxylic acid groups (broad SMARTS) is 1. The van der Waals surface area contributed by atoms with E-state index in [1.165, 1.54) is 4.90 Å². The zero-order valence-corrected chi connectivity index (χ0v) is 10.6. The average molecular weight is 256 g/mol. The Morgan fingerprint density at radius 1 is 1.44 bits per heavy atom. The Kier molecular flexibility index (Phi) is 4.06. The number of nitrogens with one attached hydrogen (secondary N) is 1. The molecule has 1 heterocycles. The number of carbonyl (C=O) groups is 2. The maximum Gasteiger partial charge on any atom is 0.323 e. The minimum Gasteiger partial charge on any atom is -0.480 e. The Hall–Kier alpha value is -1.30. The molecule has 6 nitrogen and oxygen atoms in total. The van der Waals surface area contributed by atoms with Gasteiger partial charge in [-0.05, 0) is 32.6 Å². The Morgan fingerprint density at radius 3 is 2.67 bits per heavy atom. The molecule has 0 spiro atoms. The van der Waals surface area contributed by atoms with Gasteiger partial charge in [0.15, 0.2) is 0 Å². The van der Waals surface area contributed by atoms with E-state index in [2.05, 4.69) is 5.32 Å². The summed E-state index contributed by atoms with van der Waals surface area (Å²) in [6.07, 6.45) is 3.82. The molecule has 2 N–H and O–H groups in total. The average Bonchev–Trinajstić information content (AvgIpc) is 2.99. The molecule has 0 aromatic heterocycles. The van der Waals surface area contributed by atoms with Gasteiger partial charge in [0.2, 0.25) is 0 Å². The summed E-state index contributed by atoms with van der Waals surface area (Å²) in [6, 6.07) is -0.268. The van der Waals surface area contributed by atoms with Crippen LogP contribution in [0.15, 0.2) is 0 Å². The van der Waals surface area contributed by atoms with E-state index in [1.807, 2.05) is 6.92 Å². The van der Waals surface area contributed by atoms with E-state index in [0.29, 0.717) is 0 Å². The summed E-state index contributed by atoms with van der Waals surface area (Å²) in [5.74, 6) is -0.971. The third-order valence-electron chi connectivity index (χ3n) is 3.43. The van der Waals surface area contributed by atoms with Gasteiger partial charge in [0.05, 0.1) is 12.1 Å². The lowest BCUT2D eigenvalue weighted by molar-refractivity contribution is -0.137. The van der Waals surface area contributed by atoms with E-state index in [0.717, 1.165) is 32.3 Å². The number of urea groups is 1. The van der Waals surface area contributed by atoms with Crippen LogP contribution in [0.1, 0.15) is 32.6 Å². The predicted molar refractivity (Wildman–Crippen MR) is 64.3 cm³/mol. The molecule has 2 atom stereocenters. The Bertz CT molecular complexity index is 324. The highest BCUT2D eigenvalue weighted by Crippen LogP contribution is 2.26. The van der Waals surface area contributed by atoms with Crippen molar-refractivity contribution in [2.45, 2.75) is 50.8 Å². The maximum absolute atomic E-state index is 12.0. The summed E-state index contributed by atoms with van der Waals surface area (Å²) in [5.41, 5.74) is 0. The zero-order chi connectivity index (χ0) is 13.1. The molecule has 0 aromatic rings. The molecule has 2 rings (SSSR count). The number of carboxylic acids is 1. The first-order valence-electron chi connectivity index (χ1n) is 6.48. The third kappa shape index (κ3) is 3.35. The first kappa shape index (κ1) is 13.1. The van der Waals surface area contributed by atoms with Gasteiger partial charge in [-0.2, -0.15) is 0 Å². The summed E-state index contributed by atoms with van der Waals surface area (Å²) in [6.45, 7) is 2.42. The van der Waals surface area contributed by atoms with Gasteiger partial charge < -0.3 is 20.1 Å². The number of amides is 2. The molecule has 0 bridgehead atoms. The fourth-order valence-electron chi connectivity index (χ4n) is 2.27. The number of nitrogens with zero attached hydrogens (tertiary/aromatic N) is 1. The van der Waals surface area contributed by atoms with E-state index >= 15 is 0 Å². The van der Waals surface area contributed by atoms with Crippen LogP contribution in [-0.4, -0.2) is 53.3 Å². The number of hydrogen-bond donors (Lipinski definition) is 2. The first-order chi connectivity index (χ1) is 8.58. The van der Waals surface area contributed by atoms with E-state index in [1.54, 1.807) is 0 Å². The van der Waals surface area contributed by atoms with E-state index in [-0.39, 0.29) is 30.8 Å². The second kappa shape index (κ2) is 5.56. The molecular weight excluding hydrogens is 236 g/mol. The molecule has 2 amide bonds. The fraction of sp³-hybridized carbons (Fsp3) is 0.833. The second-order valence-corrected chi connectivity index (χ2v) is 5.04. The Morgan fingerprint density at radius 2 is 2.17 bits per heavy atom. The molecule has 0 aromatic carbocycles. The van der Waals surface area contributed by atoms with E-state index in [4.69, 9.17) is 9.84 Å². The number of hydrogen-bond acceptors (Lipinski definition) is 3. The van der Waals surface area contributed by atoms with Crippen molar-refractivity contribution >= 4 is 12.0 Å². The van der Waals surface area contributed by atoms with Crippen LogP contribution in [0.4, 0.5) is 4.79 Å². The van der Waals surface area contributed by atoms with Crippen molar-refractivity contribution in [1.29, 1.82) is 0 Å². The topological polar surface area (TPSA) is 78.9 Å². The largest absolute Gasteiger partial charge is 0.480 e. The van der Waals surface area contributed by atoms with Gasteiger partial charge in [-0.15, -0.1) is 0 Å². The van der Waals surface area contributed by atoms with Crippen LogP contribution in [0.5, 0.6) is 0 Å². The Balaban J connectivity index is 1.85. The van der Waals surface area contributed by atoms with Gasteiger partial charge in [0.1, 0.15) is 6.54 Å². The SMILES string of the molecule is CC(NC(=O)N(CC(=O)O)C1CC1)C1CCCO1. The fourth-order valence-corrected chi connectivity index (χ4v) is 2.27. The molecule has 102 valence electrons. The van der Waals surface area contributed by atoms with Crippen LogP contribution in [0, 0.1) is 0 Å². The highest BCUT2D eigenvalue weighted by molar-refractivity contribution is 5.80. The third-order valence-corrected chi connectivity index (χ3v) is 3.43. The molecule has 2 aliphatic rings. The van der Waals surface area contributed by atoms with Crippen LogP contribution in [0.25, 0.3) is 0 Å². The molecule has 1 saturated carbocycles. The number of ether oxygens (including phenoxy) is 1. The van der Waals surface area contributed by atoms with Crippen LogP contribution >= 0.6 is 0 Å². The number of rotatable bonds is 5. The zero-order valence-electron chi connectivity index (χ0n) is 10.6. The molecule has 6 heteroatoms. The maximum atomic E-state index is 12.0. The lowest BCUT2D eigenvalue weighted by atomic mass is 10.1. The molecule has 2 fully saturated rings. The van der Waals surface area contributed by atoms with Gasteiger partial charge in [0, 0.05) is 12.6 Å². The highest BCUT2D eigenvalue weighted by Gasteiger charge is 2.35. The van der Waals surface area contributed by atoms with Crippen LogP contribution in [-0.2, 0) is 9.53 Å². The molecule has 18 heavy (non-hydrogen) atoms. The van der Waals surface area contributed by atoms with Crippen molar-refractivity contribution in [3.63, 3.8) is 0 Å². The summed E-state index contributed by atoms with van der Waals surface area (Å²) in [4.78, 5) is 24.2. The molecule has 1 aliphatic carbocycles. The second-order valence-electron chi connectivity index (χ2n) is 5.04. The monoisotopic (exact) mass is 256 g/mol. The van der Waals surface area contributed by atoms with Crippen LogP contribution in [0.3, 0.4) is 0 Å².